The Hall–Kier alpha value is -1.01. The third-order valence-corrected chi connectivity index (χ3v) is 7.03. The average Bonchev–Trinajstić information content (AvgIpc) is 2.79. The summed E-state index contributed by atoms with van der Waals surface area (Å²) in [6, 6.07) is 7.93. The van der Waals surface area contributed by atoms with E-state index in [1.54, 1.807) is 0 Å². The fourth-order valence-electron chi connectivity index (χ4n) is 2.98. The Kier molecular flexibility index (Phi) is 3.33. The smallest absolute Gasteiger partial charge is 0.161 e. The van der Waals surface area contributed by atoms with Crippen LogP contribution in [0, 0.1) is 5.41 Å². The van der Waals surface area contributed by atoms with Crippen molar-refractivity contribution in [2.45, 2.75) is 31.1 Å². The van der Waals surface area contributed by atoms with Gasteiger partial charge in [-0.25, -0.2) is 8.42 Å². The Morgan fingerprint density at radius 2 is 2.00 bits per heavy atom. The lowest BCUT2D eigenvalue weighted by atomic mass is 10.00. The third-order valence-electron chi connectivity index (χ3n) is 3.90. The lowest BCUT2D eigenvalue weighted by molar-refractivity contribution is 0.601. The molecule has 2 saturated heterocycles. The minimum Gasteiger partial charge on any atom is -0.316 e. The second-order valence-electron chi connectivity index (χ2n) is 5.69. The Morgan fingerprint density at radius 3 is 2.70 bits per heavy atom. The van der Waals surface area contributed by atoms with Crippen molar-refractivity contribution in [3.63, 3.8) is 0 Å². The molecule has 1 aromatic rings. The molecule has 2 atom stereocenters. The number of rotatable bonds is 2. The van der Waals surface area contributed by atoms with E-state index in [1.165, 1.54) is 17.3 Å². The molecular weight excluding hydrogens is 292 g/mol. The first-order valence-corrected chi connectivity index (χ1v) is 9.43. The predicted octanol–water partition coefficient (Wildman–Crippen LogP) is 2.46. The number of hydrogen-bond acceptors (Lipinski definition) is 4. The molecule has 0 aromatic heterocycles. The number of hydrogen-bond donors (Lipinski definition) is 1. The number of fused-ring (bicyclic) bond motifs is 1. The number of sulfone groups is 1. The molecule has 0 amide bonds. The number of amidine groups is 1. The summed E-state index contributed by atoms with van der Waals surface area (Å²) in [4.78, 5) is 1.93. The van der Waals surface area contributed by atoms with Crippen molar-refractivity contribution in [3.8, 4) is 0 Å². The van der Waals surface area contributed by atoms with Gasteiger partial charge < -0.3 is 4.90 Å². The largest absolute Gasteiger partial charge is 0.316 e. The van der Waals surface area contributed by atoms with E-state index in [-0.39, 0.29) is 22.8 Å². The van der Waals surface area contributed by atoms with Crippen molar-refractivity contribution in [2.75, 3.05) is 16.4 Å². The van der Waals surface area contributed by atoms with E-state index in [2.05, 4.69) is 19.9 Å². The van der Waals surface area contributed by atoms with Gasteiger partial charge in [0.25, 0.3) is 0 Å². The zero-order chi connectivity index (χ0) is 14.5. The van der Waals surface area contributed by atoms with Crippen LogP contribution in [0.25, 0.3) is 0 Å². The minimum atomic E-state index is -2.96. The van der Waals surface area contributed by atoms with Crippen LogP contribution in [0.2, 0.25) is 0 Å². The molecule has 20 heavy (non-hydrogen) atoms. The van der Waals surface area contributed by atoms with Crippen molar-refractivity contribution in [1.29, 1.82) is 5.41 Å². The van der Waals surface area contributed by atoms with E-state index in [9.17, 15) is 8.42 Å². The molecule has 0 saturated carbocycles. The fourth-order valence-corrected chi connectivity index (χ4v) is 6.77. The molecule has 2 aliphatic rings. The maximum absolute atomic E-state index is 11.8. The first kappa shape index (κ1) is 13.9. The van der Waals surface area contributed by atoms with E-state index in [0.29, 0.717) is 11.1 Å². The number of nitrogens with one attached hydrogen (secondary N) is 1. The Labute approximate surface area is 124 Å². The summed E-state index contributed by atoms with van der Waals surface area (Å²) >= 11 is 1.39. The molecule has 108 valence electrons. The van der Waals surface area contributed by atoms with Gasteiger partial charge in [-0.15, -0.1) is 0 Å². The number of thioether (sulfide) groups is 1. The van der Waals surface area contributed by atoms with E-state index >= 15 is 0 Å². The first-order chi connectivity index (χ1) is 9.39. The quantitative estimate of drug-likeness (QED) is 0.911. The highest BCUT2D eigenvalue weighted by atomic mass is 32.2. The summed E-state index contributed by atoms with van der Waals surface area (Å²) < 4.78 is 23.7. The zero-order valence-electron chi connectivity index (χ0n) is 11.5. The molecule has 1 N–H and O–H groups in total. The summed E-state index contributed by atoms with van der Waals surface area (Å²) in [5.41, 5.74) is 2.16. The maximum Gasteiger partial charge on any atom is 0.161 e. The molecule has 0 radical (unpaired) electrons. The number of anilines is 1. The SMILES string of the molecule is CC(C)c1ccccc1N1C(=N)S[C@@H]2CS(=O)(=O)C[C@H]21. The lowest BCUT2D eigenvalue weighted by Crippen LogP contribution is -2.37. The lowest BCUT2D eigenvalue weighted by Gasteiger charge is -2.27. The van der Waals surface area contributed by atoms with Crippen LogP contribution in [0.3, 0.4) is 0 Å². The van der Waals surface area contributed by atoms with Crippen LogP contribution >= 0.6 is 11.8 Å². The van der Waals surface area contributed by atoms with Crippen molar-refractivity contribution in [3.05, 3.63) is 29.8 Å². The molecule has 6 heteroatoms. The van der Waals surface area contributed by atoms with Crippen LogP contribution in [-0.4, -0.2) is 36.4 Å². The van der Waals surface area contributed by atoms with Crippen LogP contribution in [0.15, 0.2) is 24.3 Å². The van der Waals surface area contributed by atoms with Gasteiger partial charge in [0.1, 0.15) is 0 Å². The van der Waals surface area contributed by atoms with E-state index in [1.807, 2.05) is 23.1 Å². The standard InChI is InChI=1S/C14H18N2O2S2/c1-9(2)10-5-3-4-6-11(10)16-12-7-20(17,18)8-13(12)19-14(16)15/h3-6,9,12-13,15H,7-8H2,1-2H3/t12-,13-/m1/s1. The highest BCUT2D eigenvalue weighted by Crippen LogP contribution is 2.42. The molecular formula is C14H18N2O2S2. The highest BCUT2D eigenvalue weighted by Gasteiger charge is 2.49. The molecule has 4 nitrogen and oxygen atoms in total. The van der Waals surface area contributed by atoms with Crippen LogP contribution in [-0.2, 0) is 9.84 Å². The highest BCUT2D eigenvalue weighted by molar-refractivity contribution is 8.15. The number of nitrogens with zero attached hydrogens (tertiary/aromatic N) is 1. The molecule has 0 aliphatic carbocycles. The van der Waals surface area contributed by atoms with Crippen molar-refractivity contribution < 1.29 is 8.42 Å². The molecule has 0 unspecified atom stereocenters. The monoisotopic (exact) mass is 310 g/mol. The second-order valence-corrected chi connectivity index (χ2v) is 9.07. The van der Waals surface area contributed by atoms with Crippen molar-refractivity contribution in [1.82, 2.24) is 0 Å². The van der Waals surface area contributed by atoms with Crippen LogP contribution in [0.1, 0.15) is 25.3 Å². The first-order valence-electron chi connectivity index (χ1n) is 6.73. The Balaban J connectivity index is 2.04. The molecule has 1 aromatic carbocycles. The molecule has 2 fully saturated rings. The molecule has 3 rings (SSSR count). The van der Waals surface area contributed by atoms with Gasteiger partial charge >= 0.3 is 0 Å². The Morgan fingerprint density at radius 1 is 1.30 bits per heavy atom. The molecule has 0 spiro atoms. The topological polar surface area (TPSA) is 61.2 Å². The van der Waals surface area contributed by atoms with Gasteiger partial charge in [-0.3, -0.25) is 5.41 Å². The van der Waals surface area contributed by atoms with Gasteiger partial charge in [-0.1, -0.05) is 43.8 Å². The summed E-state index contributed by atoms with van der Waals surface area (Å²) in [7, 11) is -2.96. The van der Waals surface area contributed by atoms with E-state index in [4.69, 9.17) is 5.41 Å². The van der Waals surface area contributed by atoms with Crippen LogP contribution < -0.4 is 4.90 Å². The summed E-state index contributed by atoms with van der Waals surface area (Å²) in [5.74, 6) is 0.714. The van der Waals surface area contributed by atoms with Gasteiger partial charge in [0.15, 0.2) is 15.0 Å². The molecule has 2 aliphatic heterocycles. The van der Waals surface area contributed by atoms with Crippen molar-refractivity contribution in [2.24, 2.45) is 0 Å². The van der Waals surface area contributed by atoms with Gasteiger partial charge in [0, 0.05) is 10.9 Å². The van der Waals surface area contributed by atoms with Gasteiger partial charge in [0.05, 0.1) is 17.5 Å². The van der Waals surface area contributed by atoms with Crippen LogP contribution in [0.4, 0.5) is 5.69 Å². The van der Waals surface area contributed by atoms with Crippen molar-refractivity contribution >= 4 is 32.5 Å². The van der Waals surface area contributed by atoms with Gasteiger partial charge in [0.2, 0.25) is 0 Å². The van der Waals surface area contributed by atoms with Gasteiger partial charge in [-0.05, 0) is 17.5 Å². The molecule has 2 heterocycles. The second kappa shape index (κ2) is 4.77. The Bertz CT molecular complexity index is 655. The van der Waals surface area contributed by atoms with E-state index in [0.717, 1.165) is 5.69 Å². The number of para-hydroxylation sites is 1. The third kappa shape index (κ3) is 2.24. The summed E-state index contributed by atoms with van der Waals surface area (Å²) in [6.45, 7) is 4.24. The fraction of sp³-hybridized carbons (Fsp3) is 0.500. The average molecular weight is 310 g/mol. The minimum absolute atomic E-state index is 0.00715. The van der Waals surface area contributed by atoms with Gasteiger partial charge in [-0.2, -0.15) is 0 Å². The number of benzene rings is 1. The summed E-state index contributed by atoms with van der Waals surface area (Å²) in [6.07, 6.45) is 0. The normalized spacial score (nSPS) is 28.1. The summed E-state index contributed by atoms with van der Waals surface area (Å²) in [5, 5.41) is 8.68. The molecule has 0 bridgehead atoms. The predicted molar refractivity (Wildman–Crippen MR) is 84.6 cm³/mol. The van der Waals surface area contributed by atoms with Crippen LogP contribution in [0.5, 0.6) is 0 Å². The maximum atomic E-state index is 11.8. The van der Waals surface area contributed by atoms with E-state index < -0.39 is 9.84 Å². The zero-order valence-corrected chi connectivity index (χ0v) is 13.2.